The van der Waals surface area contributed by atoms with Crippen molar-refractivity contribution in [1.29, 1.82) is 0 Å². The van der Waals surface area contributed by atoms with Gasteiger partial charge in [-0.15, -0.1) is 0 Å². The van der Waals surface area contributed by atoms with E-state index in [1.807, 2.05) is 0 Å². The zero-order valence-corrected chi connectivity index (χ0v) is 13.5. The molecule has 1 aromatic rings. The highest BCUT2D eigenvalue weighted by atomic mass is 16.2. The number of carbonyl (C=O) groups is 1. The Morgan fingerprint density at radius 3 is 2.65 bits per heavy atom. The molecule has 1 rings (SSSR count). The van der Waals surface area contributed by atoms with Gasteiger partial charge < -0.3 is 14.8 Å². The smallest absolute Gasteiger partial charge is 0.223 e. The van der Waals surface area contributed by atoms with E-state index < -0.39 is 0 Å². The number of aromatic nitrogens is 1. The maximum atomic E-state index is 11.6. The van der Waals surface area contributed by atoms with Crippen LogP contribution in [0.1, 0.15) is 45.2 Å². The number of amides is 1. The molecule has 114 valence electrons. The fourth-order valence-corrected chi connectivity index (χ4v) is 2.27. The van der Waals surface area contributed by atoms with Crippen LogP contribution in [-0.4, -0.2) is 36.0 Å². The first kappa shape index (κ1) is 16.8. The normalized spacial score (nSPS) is 12.7. The third-order valence-electron chi connectivity index (χ3n) is 3.50. The fraction of sp³-hybridized carbons (Fsp3) is 0.688. The van der Waals surface area contributed by atoms with Crippen LogP contribution in [0.3, 0.4) is 0 Å². The molecule has 0 saturated heterocycles. The van der Waals surface area contributed by atoms with Crippen LogP contribution in [0.15, 0.2) is 18.5 Å². The largest absolute Gasteiger partial charge is 0.353 e. The van der Waals surface area contributed by atoms with Gasteiger partial charge in [-0.1, -0.05) is 20.8 Å². The molecule has 0 spiro atoms. The Morgan fingerprint density at radius 1 is 1.40 bits per heavy atom. The number of hydrogen-bond acceptors (Lipinski definition) is 2. The van der Waals surface area contributed by atoms with Crippen molar-refractivity contribution in [3.63, 3.8) is 0 Å². The fourth-order valence-electron chi connectivity index (χ4n) is 2.27. The minimum atomic E-state index is 0.171. The molecule has 0 aliphatic carbocycles. The zero-order valence-electron chi connectivity index (χ0n) is 13.5. The van der Waals surface area contributed by atoms with Crippen LogP contribution in [0.4, 0.5) is 0 Å². The van der Waals surface area contributed by atoms with E-state index in [1.54, 1.807) is 19.0 Å². The number of hydrogen-bond donors (Lipinski definition) is 1. The topological polar surface area (TPSA) is 37.3 Å². The predicted molar refractivity (Wildman–Crippen MR) is 83.6 cm³/mol. The van der Waals surface area contributed by atoms with Crippen LogP contribution in [0.25, 0.3) is 0 Å². The van der Waals surface area contributed by atoms with E-state index in [1.165, 1.54) is 5.56 Å². The highest BCUT2D eigenvalue weighted by Crippen LogP contribution is 2.22. The molecule has 1 amide bonds. The van der Waals surface area contributed by atoms with Crippen LogP contribution >= 0.6 is 0 Å². The van der Waals surface area contributed by atoms with Crippen LogP contribution in [-0.2, 0) is 11.3 Å². The maximum Gasteiger partial charge on any atom is 0.223 e. The molecule has 1 unspecified atom stereocenters. The summed E-state index contributed by atoms with van der Waals surface area (Å²) in [5, 5.41) is 3.59. The summed E-state index contributed by atoms with van der Waals surface area (Å²) in [7, 11) is 3.60. The van der Waals surface area contributed by atoms with Crippen LogP contribution < -0.4 is 5.32 Å². The molecule has 1 N–H and O–H groups in total. The summed E-state index contributed by atoms with van der Waals surface area (Å²) in [6, 6.07) is 2.55. The lowest BCUT2D eigenvalue weighted by molar-refractivity contribution is -0.128. The molecule has 0 radical (unpaired) electrons. The first-order chi connectivity index (χ1) is 9.45. The van der Waals surface area contributed by atoms with Crippen molar-refractivity contribution < 1.29 is 4.79 Å². The SMILES string of the molecule is CCCNC(c1ccn(CCC(=O)N(C)C)c1)C(C)C. The van der Waals surface area contributed by atoms with E-state index in [-0.39, 0.29) is 5.91 Å². The molecule has 0 fully saturated rings. The highest BCUT2D eigenvalue weighted by molar-refractivity contribution is 5.75. The van der Waals surface area contributed by atoms with Crippen molar-refractivity contribution in [2.24, 2.45) is 5.92 Å². The predicted octanol–water partition coefficient (Wildman–Crippen LogP) is 2.66. The summed E-state index contributed by atoms with van der Waals surface area (Å²) in [5.41, 5.74) is 1.31. The number of carbonyl (C=O) groups excluding carboxylic acids is 1. The Hall–Kier alpha value is -1.29. The van der Waals surface area contributed by atoms with Gasteiger partial charge in [0.05, 0.1) is 0 Å². The molecule has 0 bridgehead atoms. The summed E-state index contributed by atoms with van der Waals surface area (Å²) in [6.45, 7) is 8.44. The van der Waals surface area contributed by atoms with E-state index in [2.05, 4.69) is 49.1 Å². The second-order valence-electron chi connectivity index (χ2n) is 5.90. The summed E-state index contributed by atoms with van der Waals surface area (Å²) in [5.74, 6) is 0.727. The van der Waals surface area contributed by atoms with Gasteiger partial charge in [0.1, 0.15) is 0 Å². The van der Waals surface area contributed by atoms with Gasteiger partial charge >= 0.3 is 0 Å². The van der Waals surface area contributed by atoms with Gasteiger partial charge in [-0.05, 0) is 30.5 Å². The van der Waals surface area contributed by atoms with Crippen LogP contribution in [0.2, 0.25) is 0 Å². The molecule has 1 heterocycles. The Kier molecular flexibility index (Phi) is 6.79. The molecule has 0 aliphatic heterocycles. The van der Waals surface area contributed by atoms with Gasteiger partial charge in [-0.3, -0.25) is 4.79 Å². The maximum absolute atomic E-state index is 11.6. The lowest BCUT2D eigenvalue weighted by Gasteiger charge is -2.21. The van der Waals surface area contributed by atoms with Gasteiger partial charge in [-0.2, -0.15) is 0 Å². The Bertz CT molecular complexity index is 410. The van der Waals surface area contributed by atoms with Crippen molar-refractivity contribution in [3.8, 4) is 0 Å². The van der Waals surface area contributed by atoms with Crippen molar-refractivity contribution >= 4 is 5.91 Å². The van der Waals surface area contributed by atoms with E-state index in [4.69, 9.17) is 0 Å². The second kappa shape index (κ2) is 8.10. The quantitative estimate of drug-likeness (QED) is 0.794. The van der Waals surface area contributed by atoms with E-state index in [0.29, 0.717) is 18.4 Å². The Labute approximate surface area is 123 Å². The van der Waals surface area contributed by atoms with Gasteiger partial charge in [0.15, 0.2) is 0 Å². The van der Waals surface area contributed by atoms with Gasteiger partial charge in [-0.25, -0.2) is 0 Å². The number of nitrogens with one attached hydrogen (secondary N) is 1. The minimum absolute atomic E-state index is 0.171. The van der Waals surface area contributed by atoms with Gasteiger partial charge in [0.2, 0.25) is 5.91 Å². The molecule has 20 heavy (non-hydrogen) atoms. The third-order valence-corrected chi connectivity index (χ3v) is 3.50. The van der Waals surface area contributed by atoms with E-state index >= 15 is 0 Å². The number of nitrogens with zero attached hydrogens (tertiary/aromatic N) is 2. The van der Waals surface area contributed by atoms with Crippen molar-refractivity contribution in [1.82, 2.24) is 14.8 Å². The number of rotatable bonds is 8. The molecule has 1 atom stereocenters. The zero-order chi connectivity index (χ0) is 15.1. The summed E-state index contributed by atoms with van der Waals surface area (Å²) in [4.78, 5) is 13.2. The van der Waals surface area contributed by atoms with E-state index in [0.717, 1.165) is 19.5 Å². The monoisotopic (exact) mass is 279 g/mol. The molecular formula is C16H29N3O. The van der Waals surface area contributed by atoms with Crippen molar-refractivity contribution in [2.45, 2.75) is 46.2 Å². The lowest BCUT2D eigenvalue weighted by atomic mass is 9.98. The average molecular weight is 279 g/mol. The van der Waals surface area contributed by atoms with Crippen LogP contribution in [0, 0.1) is 5.92 Å². The Morgan fingerprint density at radius 2 is 2.10 bits per heavy atom. The average Bonchev–Trinajstić information content (AvgIpc) is 2.84. The first-order valence-electron chi connectivity index (χ1n) is 7.55. The summed E-state index contributed by atoms with van der Waals surface area (Å²) < 4.78 is 2.11. The lowest BCUT2D eigenvalue weighted by Crippen LogP contribution is -2.26. The van der Waals surface area contributed by atoms with E-state index in [9.17, 15) is 4.79 Å². The highest BCUT2D eigenvalue weighted by Gasteiger charge is 2.16. The molecule has 0 aromatic carbocycles. The van der Waals surface area contributed by atoms with Gasteiger partial charge in [0, 0.05) is 45.5 Å². The molecule has 0 saturated carbocycles. The van der Waals surface area contributed by atoms with Crippen molar-refractivity contribution in [2.75, 3.05) is 20.6 Å². The molecule has 0 aliphatic rings. The third kappa shape index (κ3) is 5.00. The molecular weight excluding hydrogens is 250 g/mol. The molecule has 4 heteroatoms. The minimum Gasteiger partial charge on any atom is -0.353 e. The Balaban J connectivity index is 2.62. The summed E-state index contributed by atoms with van der Waals surface area (Å²) >= 11 is 0. The first-order valence-corrected chi connectivity index (χ1v) is 7.55. The standard InChI is InChI=1S/C16H29N3O/c1-6-9-17-16(13(2)3)14-7-10-19(12-14)11-8-15(20)18(4)5/h7,10,12-13,16-17H,6,8-9,11H2,1-5H3. The second-order valence-corrected chi connectivity index (χ2v) is 5.90. The molecule has 1 aromatic heterocycles. The summed E-state index contributed by atoms with van der Waals surface area (Å²) in [6.07, 6.45) is 5.93. The van der Waals surface area contributed by atoms with Gasteiger partial charge in [0.25, 0.3) is 0 Å². The van der Waals surface area contributed by atoms with Crippen molar-refractivity contribution in [3.05, 3.63) is 24.0 Å². The van der Waals surface area contributed by atoms with Crippen LogP contribution in [0.5, 0.6) is 0 Å². The number of aryl methyl sites for hydroxylation is 1. The molecule has 4 nitrogen and oxygen atoms in total.